The highest BCUT2D eigenvalue weighted by atomic mass is 19.1. The number of fused-ring (bicyclic) bond motifs is 1. The molecule has 4 aromatic rings. The van der Waals surface area contributed by atoms with Gasteiger partial charge in [0.1, 0.15) is 28.7 Å². The van der Waals surface area contributed by atoms with Crippen LogP contribution < -0.4 is 15.8 Å². The van der Waals surface area contributed by atoms with Gasteiger partial charge in [0.15, 0.2) is 5.65 Å². The topological polar surface area (TPSA) is 102 Å². The molecule has 0 aliphatic heterocycles. The Labute approximate surface area is 201 Å². The first-order chi connectivity index (χ1) is 16.8. The number of likely N-dealkylation sites (N-methyl/N-ethyl adjacent to an activating group) is 1. The number of hydrogen-bond donors (Lipinski definition) is 2. The highest BCUT2D eigenvalue weighted by Crippen LogP contribution is 2.30. The second kappa shape index (κ2) is 10.2. The van der Waals surface area contributed by atoms with Crippen molar-refractivity contribution in [2.24, 2.45) is 5.73 Å². The van der Waals surface area contributed by atoms with Gasteiger partial charge in [-0.1, -0.05) is 6.08 Å². The third kappa shape index (κ3) is 5.53. The van der Waals surface area contributed by atoms with Crippen LogP contribution in [0.1, 0.15) is 10.5 Å². The van der Waals surface area contributed by atoms with Gasteiger partial charge in [0.2, 0.25) is 5.91 Å². The molecule has 0 saturated carbocycles. The number of carbonyl (C=O) groups is 2. The van der Waals surface area contributed by atoms with E-state index in [4.69, 9.17) is 10.5 Å². The molecule has 0 radical (unpaired) electrons. The van der Waals surface area contributed by atoms with Crippen LogP contribution in [-0.2, 0) is 4.79 Å². The van der Waals surface area contributed by atoms with E-state index in [1.165, 1.54) is 30.3 Å². The molecule has 9 heteroatoms. The van der Waals surface area contributed by atoms with Crippen molar-refractivity contribution in [1.29, 1.82) is 0 Å². The second-order valence-electron chi connectivity index (χ2n) is 8.02. The van der Waals surface area contributed by atoms with E-state index in [0.717, 1.165) is 0 Å². The fourth-order valence-electron chi connectivity index (χ4n) is 3.47. The maximum atomic E-state index is 13.1. The number of anilines is 1. The number of pyridine rings is 1. The molecule has 3 N–H and O–H groups in total. The second-order valence-corrected chi connectivity index (χ2v) is 8.02. The van der Waals surface area contributed by atoms with Gasteiger partial charge < -0.3 is 20.7 Å². The minimum atomic E-state index is -0.659. The number of halogens is 1. The molecule has 0 aliphatic rings. The van der Waals surface area contributed by atoms with Gasteiger partial charge in [-0.25, -0.2) is 9.37 Å². The molecule has 4 rings (SSSR count). The fraction of sp³-hybridized carbons (Fsp3) is 0.115. The average Bonchev–Trinajstić information content (AvgIpc) is 3.22. The molecule has 35 heavy (non-hydrogen) atoms. The smallest absolute Gasteiger partial charge is 0.268 e. The lowest BCUT2D eigenvalue weighted by Gasteiger charge is -2.07. The Bertz CT molecular complexity index is 1390. The molecule has 0 fully saturated rings. The monoisotopic (exact) mass is 473 g/mol. The van der Waals surface area contributed by atoms with Crippen LogP contribution in [0.4, 0.5) is 10.1 Å². The number of ether oxygens (including phenoxy) is 1. The minimum Gasteiger partial charge on any atom is -0.457 e. The normalized spacial score (nSPS) is 11.3. The van der Waals surface area contributed by atoms with Gasteiger partial charge in [0, 0.05) is 24.4 Å². The molecule has 2 amide bonds. The molecular formula is C26H24FN5O3. The van der Waals surface area contributed by atoms with Crippen molar-refractivity contribution in [1.82, 2.24) is 14.3 Å². The summed E-state index contributed by atoms with van der Waals surface area (Å²) in [5, 5.41) is 2.80. The van der Waals surface area contributed by atoms with Crippen molar-refractivity contribution in [3.63, 3.8) is 0 Å². The number of nitrogens with zero attached hydrogens (tertiary/aromatic N) is 3. The first kappa shape index (κ1) is 23.7. The van der Waals surface area contributed by atoms with Gasteiger partial charge in [-0.2, -0.15) is 0 Å². The van der Waals surface area contributed by atoms with Crippen LogP contribution in [0, 0.1) is 5.82 Å². The van der Waals surface area contributed by atoms with Crippen LogP contribution in [-0.4, -0.2) is 46.7 Å². The number of primary amides is 1. The summed E-state index contributed by atoms with van der Waals surface area (Å²) in [5.41, 5.74) is 7.72. The zero-order valence-corrected chi connectivity index (χ0v) is 19.2. The Kier molecular flexibility index (Phi) is 6.88. The maximum Gasteiger partial charge on any atom is 0.268 e. The SMILES string of the molecule is CN(C)C/C=C/C(=O)Nc1cccn2c(C(N)=O)c(-c3ccc(Oc4ccc(F)cc4)cc3)nc12. The summed E-state index contributed by atoms with van der Waals surface area (Å²) in [6.07, 6.45) is 4.86. The predicted octanol–water partition coefficient (Wildman–Crippen LogP) is 4.09. The first-order valence-electron chi connectivity index (χ1n) is 10.8. The lowest BCUT2D eigenvalue weighted by atomic mass is 10.1. The van der Waals surface area contributed by atoms with E-state index < -0.39 is 5.91 Å². The molecular weight excluding hydrogens is 449 g/mol. The van der Waals surface area contributed by atoms with Crippen molar-refractivity contribution in [2.45, 2.75) is 0 Å². The van der Waals surface area contributed by atoms with Crippen LogP contribution in [0.25, 0.3) is 16.9 Å². The average molecular weight is 474 g/mol. The fourth-order valence-corrected chi connectivity index (χ4v) is 3.47. The third-order valence-corrected chi connectivity index (χ3v) is 5.06. The molecule has 8 nitrogen and oxygen atoms in total. The highest BCUT2D eigenvalue weighted by Gasteiger charge is 2.20. The van der Waals surface area contributed by atoms with Crippen molar-refractivity contribution in [3.8, 4) is 22.8 Å². The zero-order valence-electron chi connectivity index (χ0n) is 19.2. The van der Waals surface area contributed by atoms with Crippen LogP contribution in [0.15, 0.2) is 79.0 Å². The van der Waals surface area contributed by atoms with Gasteiger partial charge in [-0.3, -0.25) is 14.0 Å². The molecule has 2 heterocycles. The van der Waals surface area contributed by atoms with Crippen molar-refractivity contribution in [2.75, 3.05) is 26.0 Å². The molecule has 178 valence electrons. The Morgan fingerprint density at radius 3 is 2.37 bits per heavy atom. The van der Waals surface area contributed by atoms with Crippen LogP contribution >= 0.6 is 0 Å². The largest absolute Gasteiger partial charge is 0.457 e. The summed E-state index contributed by atoms with van der Waals surface area (Å²) in [6.45, 7) is 0.623. The zero-order chi connectivity index (χ0) is 24.9. The number of aromatic nitrogens is 2. The van der Waals surface area contributed by atoms with Gasteiger partial charge in [-0.15, -0.1) is 0 Å². The predicted molar refractivity (Wildman–Crippen MR) is 132 cm³/mol. The molecule has 0 atom stereocenters. The number of nitrogens with one attached hydrogen (secondary N) is 1. The number of rotatable bonds is 8. The molecule has 2 aromatic heterocycles. The number of carbonyl (C=O) groups excluding carboxylic acids is 2. The van der Waals surface area contributed by atoms with Crippen LogP contribution in [0.5, 0.6) is 11.5 Å². The number of benzene rings is 2. The van der Waals surface area contributed by atoms with E-state index in [2.05, 4.69) is 10.3 Å². The van der Waals surface area contributed by atoms with E-state index in [0.29, 0.717) is 40.6 Å². The van der Waals surface area contributed by atoms with Crippen molar-refractivity contribution in [3.05, 3.63) is 90.5 Å². The first-order valence-corrected chi connectivity index (χ1v) is 10.8. The third-order valence-electron chi connectivity index (χ3n) is 5.06. The van der Waals surface area contributed by atoms with E-state index in [9.17, 15) is 14.0 Å². The number of imidazole rings is 1. The Morgan fingerprint density at radius 2 is 1.74 bits per heavy atom. The van der Waals surface area contributed by atoms with Gasteiger partial charge in [0.25, 0.3) is 5.91 Å². The van der Waals surface area contributed by atoms with E-state index in [1.807, 2.05) is 19.0 Å². The Balaban J connectivity index is 1.64. The summed E-state index contributed by atoms with van der Waals surface area (Å²) in [7, 11) is 3.81. The van der Waals surface area contributed by atoms with E-state index in [-0.39, 0.29) is 17.4 Å². The number of nitrogens with two attached hydrogens (primary N) is 1. The highest BCUT2D eigenvalue weighted by molar-refractivity contribution is 6.03. The van der Waals surface area contributed by atoms with Gasteiger partial charge in [0.05, 0.1) is 5.69 Å². The Hall–Kier alpha value is -4.50. The van der Waals surface area contributed by atoms with Crippen LogP contribution in [0.2, 0.25) is 0 Å². The summed E-state index contributed by atoms with van der Waals surface area (Å²) >= 11 is 0. The van der Waals surface area contributed by atoms with Crippen LogP contribution in [0.3, 0.4) is 0 Å². The van der Waals surface area contributed by atoms with E-state index in [1.54, 1.807) is 53.1 Å². The summed E-state index contributed by atoms with van der Waals surface area (Å²) in [6, 6.07) is 16.0. The molecule has 0 saturated heterocycles. The molecule has 0 bridgehead atoms. The Morgan fingerprint density at radius 1 is 1.09 bits per heavy atom. The van der Waals surface area contributed by atoms with Gasteiger partial charge in [-0.05, 0) is 74.8 Å². The van der Waals surface area contributed by atoms with Gasteiger partial charge >= 0.3 is 0 Å². The molecule has 2 aromatic carbocycles. The van der Waals surface area contributed by atoms with Crippen molar-refractivity contribution < 1.29 is 18.7 Å². The molecule has 0 spiro atoms. The molecule has 0 unspecified atom stereocenters. The number of hydrogen-bond acceptors (Lipinski definition) is 5. The summed E-state index contributed by atoms with van der Waals surface area (Å²) in [4.78, 5) is 31.3. The maximum absolute atomic E-state index is 13.1. The summed E-state index contributed by atoms with van der Waals surface area (Å²) in [5.74, 6) is -0.300. The summed E-state index contributed by atoms with van der Waals surface area (Å²) < 4.78 is 20.4. The number of amides is 2. The minimum absolute atomic E-state index is 0.187. The molecule has 0 aliphatic carbocycles. The lowest BCUT2D eigenvalue weighted by Crippen LogP contribution is -2.15. The van der Waals surface area contributed by atoms with Crippen molar-refractivity contribution >= 4 is 23.1 Å². The standard InChI is InChI=1S/C26H24FN5O3/c1-31(2)15-4-6-22(33)29-21-5-3-16-32-24(25(28)34)23(30-26(21)32)17-7-11-19(12-8-17)35-20-13-9-18(27)10-14-20/h3-14,16H,15H2,1-2H3,(H2,28,34)(H,29,33)/b6-4+. The van der Waals surface area contributed by atoms with E-state index >= 15 is 0 Å². The quantitative estimate of drug-likeness (QED) is 0.376. The lowest BCUT2D eigenvalue weighted by molar-refractivity contribution is -0.111.